The van der Waals surface area contributed by atoms with Gasteiger partial charge in [0.2, 0.25) is 10.0 Å². The van der Waals surface area contributed by atoms with Gasteiger partial charge in [0.25, 0.3) is 0 Å². The third-order valence-electron chi connectivity index (χ3n) is 3.93. The van der Waals surface area contributed by atoms with Gasteiger partial charge in [-0.2, -0.15) is 0 Å². The number of primary sulfonamides is 1. The van der Waals surface area contributed by atoms with Crippen LogP contribution in [0.3, 0.4) is 0 Å². The van der Waals surface area contributed by atoms with Gasteiger partial charge >= 0.3 is 0 Å². The Kier molecular flexibility index (Phi) is 5.43. The lowest BCUT2D eigenvalue weighted by molar-refractivity contribution is 0.295. The number of aliphatic hydroxyl groups excluding tert-OH is 1. The molecule has 2 rings (SSSR count). The average Bonchev–Trinajstić information content (AvgIpc) is 2.44. The number of rotatable bonds is 4. The van der Waals surface area contributed by atoms with E-state index in [2.05, 4.69) is 0 Å². The fraction of sp³-hybridized carbons (Fsp3) is 0.467. The van der Waals surface area contributed by atoms with Crippen LogP contribution in [0, 0.1) is 5.92 Å². The molecular weight excluding hydrogens is 310 g/mol. The molecule has 3 N–H and O–H groups in total. The molecule has 0 radical (unpaired) electrons. The topological polar surface area (TPSA) is 80.4 Å². The van der Waals surface area contributed by atoms with Crippen molar-refractivity contribution in [2.75, 3.05) is 6.61 Å². The summed E-state index contributed by atoms with van der Waals surface area (Å²) in [7, 11) is -3.81. The molecule has 1 fully saturated rings. The van der Waals surface area contributed by atoms with E-state index >= 15 is 0 Å². The minimum Gasteiger partial charge on any atom is -0.392 e. The quantitative estimate of drug-likeness (QED) is 0.891. The van der Waals surface area contributed by atoms with Crippen molar-refractivity contribution < 1.29 is 13.5 Å². The molecule has 0 atom stereocenters. The van der Waals surface area contributed by atoms with Gasteiger partial charge in [-0.3, -0.25) is 0 Å². The number of benzene rings is 1. The fourth-order valence-electron chi connectivity index (χ4n) is 2.82. The summed E-state index contributed by atoms with van der Waals surface area (Å²) < 4.78 is 22.7. The molecule has 116 valence electrons. The van der Waals surface area contributed by atoms with Crippen molar-refractivity contribution in [3.8, 4) is 0 Å². The Bertz CT molecular complexity index is 634. The van der Waals surface area contributed by atoms with Crippen molar-refractivity contribution >= 4 is 27.7 Å². The predicted octanol–water partition coefficient (Wildman–Crippen LogP) is 2.94. The zero-order chi connectivity index (χ0) is 15.5. The second-order valence-corrected chi connectivity index (χ2v) is 7.38. The first-order valence-electron chi connectivity index (χ1n) is 7.05. The van der Waals surface area contributed by atoms with E-state index in [9.17, 15) is 13.5 Å². The molecule has 0 aliphatic heterocycles. The summed E-state index contributed by atoms with van der Waals surface area (Å²) in [5.41, 5.74) is 1.76. The Morgan fingerprint density at radius 3 is 2.52 bits per heavy atom. The van der Waals surface area contributed by atoms with Gasteiger partial charge in [0, 0.05) is 0 Å². The second kappa shape index (κ2) is 6.92. The molecule has 0 spiro atoms. The van der Waals surface area contributed by atoms with Crippen LogP contribution in [0.1, 0.15) is 37.7 Å². The van der Waals surface area contributed by atoms with Crippen LogP contribution in [-0.2, 0) is 10.0 Å². The maximum Gasteiger partial charge on any atom is 0.239 e. The number of aliphatic hydroxyl groups is 1. The lowest BCUT2D eigenvalue weighted by atomic mass is 9.83. The van der Waals surface area contributed by atoms with E-state index in [1.807, 2.05) is 6.08 Å². The first kappa shape index (κ1) is 16.5. The molecule has 6 heteroatoms. The third kappa shape index (κ3) is 4.30. The van der Waals surface area contributed by atoms with Gasteiger partial charge in [-0.05, 0) is 42.0 Å². The van der Waals surface area contributed by atoms with Crippen molar-refractivity contribution in [3.63, 3.8) is 0 Å². The molecule has 1 saturated carbocycles. The lowest BCUT2D eigenvalue weighted by Gasteiger charge is -2.23. The van der Waals surface area contributed by atoms with Gasteiger partial charge in [-0.25, -0.2) is 13.6 Å². The summed E-state index contributed by atoms with van der Waals surface area (Å²) in [6.45, 7) is 0.0131. The molecule has 0 aromatic heterocycles. The number of halogens is 1. The molecule has 0 bridgehead atoms. The summed E-state index contributed by atoms with van der Waals surface area (Å²) in [5, 5.41) is 14.8. The number of nitrogens with two attached hydrogens (primary N) is 1. The molecule has 0 heterocycles. The van der Waals surface area contributed by atoms with Gasteiger partial charge < -0.3 is 5.11 Å². The normalized spacial score (nSPS) is 18.0. The first-order valence-corrected chi connectivity index (χ1v) is 8.98. The van der Waals surface area contributed by atoms with Crippen LogP contribution in [0.5, 0.6) is 0 Å². The van der Waals surface area contributed by atoms with Crippen molar-refractivity contribution in [1.29, 1.82) is 0 Å². The molecule has 0 saturated heterocycles. The number of hydrogen-bond donors (Lipinski definition) is 2. The average molecular weight is 330 g/mol. The standard InChI is InChI=1S/C15H20ClNO3S/c16-14-9-11(6-7-15(14)21(17,19)20)8-13(10-18)12-4-2-1-3-5-12/h6-9,12,18H,1-5,10H2,(H2,17,19,20). The Labute approximate surface area is 130 Å². The van der Waals surface area contributed by atoms with Crippen LogP contribution in [0.2, 0.25) is 5.02 Å². The monoisotopic (exact) mass is 329 g/mol. The smallest absolute Gasteiger partial charge is 0.239 e. The van der Waals surface area contributed by atoms with E-state index in [1.165, 1.54) is 25.3 Å². The molecule has 0 amide bonds. The minimum absolute atomic E-state index is 0.0131. The van der Waals surface area contributed by atoms with E-state index in [0.29, 0.717) is 5.92 Å². The van der Waals surface area contributed by atoms with Crippen molar-refractivity contribution in [2.24, 2.45) is 11.1 Å². The van der Waals surface area contributed by atoms with Crippen LogP contribution in [0.4, 0.5) is 0 Å². The zero-order valence-electron chi connectivity index (χ0n) is 11.8. The summed E-state index contributed by atoms with van der Waals surface area (Å²) in [6.07, 6.45) is 7.71. The van der Waals surface area contributed by atoms with Crippen LogP contribution >= 0.6 is 11.6 Å². The Morgan fingerprint density at radius 2 is 2.00 bits per heavy atom. The summed E-state index contributed by atoms with van der Waals surface area (Å²) >= 11 is 5.98. The highest BCUT2D eigenvalue weighted by Crippen LogP contribution is 2.31. The zero-order valence-corrected chi connectivity index (χ0v) is 13.3. The van der Waals surface area contributed by atoms with Gasteiger partial charge in [0.15, 0.2) is 0 Å². The third-order valence-corrected chi connectivity index (χ3v) is 5.32. The predicted molar refractivity (Wildman–Crippen MR) is 84.5 cm³/mol. The van der Waals surface area contributed by atoms with Gasteiger partial charge in [-0.15, -0.1) is 0 Å². The van der Waals surface area contributed by atoms with Gasteiger partial charge in [-0.1, -0.05) is 43.0 Å². The lowest BCUT2D eigenvalue weighted by Crippen LogP contribution is -2.13. The first-order chi connectivity index (χ1) is 9.91. The Hall–Kier alpha value is -0.880. The molecule has 1 aromatic rings. The molecule has 4 nitrogen and oxygen atoms in total. The maximum absolute atomic E-state index is 11.3. The highest BCUT2D eigenvalue weighted by atomic mass is 35.5. The van der Waals surface area contributed by atoms with E-state index in [-0.39, 0.29) is 16.5 Å². The maximum atomic E-state index is 11.3. The van der Waals surface area contributed by atoms with Gasteiger partial charge in [0.1, 0.15) is 4.90 Å². The largest absolute Gasteiger partial charge is 0.392 e. The van der Waals surface area contributed by atoms with E-state index in [0.717, 1.165) is 24.0 Å². The van der Waals surface area contributed by atoms with Crippen LogP contribution < -0.4 is 5.14 Å². The minimum atomic E-state index is -3.81. The summed E-state index contributed by atoms with van der Waals surface area (Å²) in [4.78, 5) is -0.0791. The van der Waals surface area contributed by atoms with Crippen LogP contribution in [0.15, 0.2) is 28.7 Å². The van der Waals surface area contributed by atoms with Crippen molar-refractivity contribution in [2.45, 2.75) is 37.0 Å². The highest BCUT2D eigenvalue weighted by Gasteiger charge is 2.18. The van der Waals surface area contributed by atoms with Gasteiger partial charge in [0.05, 0.1) is 11.6 Å². The SMILES string of the molecule is NS(=O)(=O)c1ccc(C=C(CO)C2CCCCC2)cc1Cl. The number of sulfonamides is 1. The Balaban J connectivity index is 2.28. The fourth-order valence-corrected chi connectivity index (χ4v) is 3.92. The number of hydrogen-bond acceptors (Lipinski definition) is 3. The molecule has 1 aliphatic rings. The molecule has 21 heavy (non-hydrogen) atoms. The van der Waals surface area contributed by atoms with Crippen LogP contribution in [-0.4, -0.2) is 20.1 Å². The molecular formula is C15H20ClNO3S. The van der Waals surface area contributed by atoms with E-state index in [4.69, 9.17) is 16.7 Å². The van der Waals surface area contributed by atoms with Crippen molar-refractivity contribution in [3.05, 3.63) is 34.4 Å². The molecule has 1 aliphatic carbocycles. The highest BCUT2D eigenvalue weighted by molar-refractivity contribution is 7.89. The summed E-state index contributed by atoms with van der Waals surface area (Å²) in [6, 6.07) is 4.63. The summed E-state index contributed by atoms with van der Waals surface area (Å²) in [5.74, 6) is 0.403. The Morgan fingerprint density at radius 1 is 1.33 bits per heavy atom. The van der Waals surface area contributed by atoms with E-state index in [1.54, 1.807) is 12.1 Å². The second-order valence-electron chi connectivity index (χ2n) is 5.45. The molecule has 0 unspecified atom stereocenters. The van der Waals surface area contributed by atoms with Crippen LogP contribution in [0.25, 0.3) is 6.08 Å². The van der Waals surface area contributed by atoms with Crippen molar-refractivity contribution in [1.82, 2.24) is 0 Å². The van der Waals surface area contributed by atoms with E-state index < -0.39 is 10.0 Å². The molecule has 1 aromatic carbocycles.